The van der Waals surface area contributed by atoms with Gasteiger partial charge in [-0.15, -0.1) is 13.7 Å². The molecule has 2 aliphatic carbocycles. The summed E-state index contributed by atoms with van der Waals surface area (Å²) in [5.41, 5.74) is -4.00. The Bertz CT molecular complexity index is 2030. The molecule has 3 aromatic rings. The largest absolute Gasteiger partial charge is 0.324 e. The number of hydroxylamine groups is 2. The second kappa shape index (κ2) is 10.7. The molecular weight excluding hydrogens is 642 g/mol. The number of hydrogen-bond acceptors (Lipinski definition) is 16. The van der Waals surface area contributed by atoms with Crippen molar-refractivity contribution in [3.8, 4) is 0 Å². The van der Waals surface area contributed by atoms with Crippen LogP contribution in [0.3, 0.4) is 0 Å². The highest BCUT2D eigenvalue weighted by atomic mass is 32.2. The van der Waals surface area contributed by atoms with Crippen LogP contribution in [0.4, 0.5) is 0 Å². The summed E-state index contributed by atoms with van der Waals surface area (Å²) in [6, 6.07) is 1.98. The van der Waals surface area contributed by atoms with E-state index >= 15 is 0 Å². The molecule has 1 saturated carbocycles. The summed E-state index contributed by atoms with van der Waals surface area (Å²) < 4.78 is 62.6. The maximum atomic E-state index is 12.2. The van der Waals surface area contributed by atoms with E-state index in [2.05, 4.69) is 17.8 Å². The van der Waals surface area contributed by atoms with Crippen LogP contribution in [0.5, 0.6) is 0 Å². The first-order valence-corrected chi connectivity index (χ1v) is 16.2. The molecule has 1 aliphatic heterocycles. The molecule has 230 valence electrons. The molecule has 4 unspecified atom stereocenters. The lowest BCUT2D eigenvalue weighted by Gasteiger charge is -2.13. The summed E-state index contributed by atoms with van der Waals surface area (Å²) in [4.78, 5) is 77.0. The van der Waals surface area contributed by atoms with Gasteiger partial charge in [-0.2, -0.15) is 16.8 Å². The number of amides is 2. The standard InChI is InChI=1S/C12H8N2O10S2.C10H11NO5S/c1-21-24-25-22-13-9(15)5-3-7-8(4-6(5)10(13)16)12(18)14(11(7)17)23-26(2,19)20;1-17(14,15)16-11-9(12)7-5-2-3-6(4-5)8(7)10(11)13/h3-4H,1-2H3;2-3,5-8H,4H2,1H3. The van der Waals surface area contributed by atoms with Crippen molar-refractivity contribution in [2.24, 2.45) is 23.7 Å². The van der Waals surface area contributed by atoms with Crippen molar-refractivity contribution in [2.45, 2.75) is 6.42 Å². The predicted octanol–water partition coefficient (Wildman–Crippen LogP) is -2.44. The second-order valence-electron chi connectivity index (χ2n) is 9.66. The van der Waals surface area contributed by atoms with Crippen molar-refractivity contribution in [3.05, 3.63) is 65.7 Å². The Morgan fingerprint density at radius 1 is 0.698 bits per heavy atom. The number of carbonyl (C=O) groups is 2. The number of hydrogen-bond donors (Lipinski definition) is 0. The Morgan fingerprint density at radius 3 is 1.51 bits per heavy atom. The number of nitrogens with zero attached hydrogens (tertiary/aromatic N) is 3. The molecule has 0 N–H and O–H groups in total. The minimum Gasteiger partial charge on any atom is -0.301 e. The van der Waals surface area contributed by atoms with Gasteiger partial charge in [0.2, 0.25) is 0 Å². The third-order valence-corrected chi connectivity index (χ3v) is 8.11. The minimum absolute atomic E-state index is 0.0423. The molecule has 2 aromatic heterocycles. The lowest BCUT2D eigenvalue weighted by molar-refractivity contribution is -0.167. The summed E-state index contributed by atoms with van der Waals surface area (Å²) in [7, 11) is -6.84. The molecule has 4 atom stereocenters. The lowest BCUT2D eigenvalue weighted by atomic mass is 9.85. The SMILES string of the molecule is COOSOn1c(=O)c2cc3c(=O)n(OS(C)(=O)=O)c(=O)c3cc2c1=O.CS(=O)(=O)ON1C(=O)C2C3C=CC(C3)C2C1=O. The van der Waals surface area contributed by atoms with Crippen LogP contribution in [-0.2, 0) is 43.3 Å². The minimum atomic E-state index is -4.15. The number of carbonyl (C=O) groups excluding carboxylic acids is 2. The van der Waals surface area contributed by atoms with E-state index in [0.717, 1.165) is 24.8 Å². The Hall–Kier alpha value is -3.89. The zero-order valence-corrected chi connectivity index (χ0v) is 24.5. The molecule has 0 spiro atoms. The van der Waals surface area contributed by atoms with Crippen LogP contribution in [0.25, 0.3) is 21.5 Å². The molecule has 18 nitrogen and oxygen atoms in total. The zero-order chi connectivity index (χ0) is 31.6. The first kappa shape index (κ1) is 30.6. The molecule has 0 radical (unpaired) electrons. The summed E-state index contributed by atoms with van der Waals surface area (Å²) >= 11 is 0.198. The molecule has 21 heteroatoms. The van der Waals surface area contributed by atoms with Crippen LogP contribution >= 0.6 is 12.3 Å². The summed E-state index contributed by atoms with van der Waals surface area (Å²) in [5, 5.41) is -0.581. The van der Waals surface area contributed by atoms with Gasteiger partial charge in [0.25, 0.3) is 56.5 Å². The van der Waals surface area contributed by atoms with Crippen molar-refractivity contribution >= 4 is 65.9 Å². The van der Waals surface area contributed by atoms with E-state index in [0.29, 0.717) is 16.0 Å². The lowest BCUT2D eigenvalue weighted by Crippen LogP contribution is -2.35. The van der Waals surface area contributed by atoms with Gasteiger partial charge in [0.1, 0.15) is 0 Å². The van der Waals surface area contributed by atoms with Crippen LogP contribution in [0.15, 0.2) is 43.5 Å². The number of rotatable bonds is 8. The van der Waals surface area contributed by atoms with Gasteiger partial charge >= 0.3 is 10.1 Å². The van der Waals surface area contributed by atoms with E-state index in [1.54, 1.807) is 0 Å². The fraction of sp³-hybridized carbons (Fsp3) is 0.364. The number of fused-ring (bicyclic) bond motifs is 7. The third kappa shape index (κ3) is 5.38. The van der Waals surface area contributed by atoms with Crippen LogP contribution in [0.2, 0.25) is 0 Å². The highest BCUT2D eigenvalue weighted by Gasteiger charge is 2.60. The molecule has 3 aliphatic rings. The van der Waals surface area contributed by atoms with Crippen LogP contribution in [0, 0.1) is 23.7 Å². The maximum Gasteiger partial charge on any atom is 0.324 e. The summed E-state index contributed by atoms with van der Waals surface area (Å²) in [6.07, 6.45) is 6.13. The summed E-state index contributed by atoms with van der Waals surface area (Å²) in [5.74, 6) is -1.81. The van der Waals surface area contributed by atoms with Crippen LogP contribution < -0.4 is 30.8 Å². The molecule has 43 heavy (non-hydrogen) atoms. The molecule has 1 aromatic carbocycles. The molecule has 2 amide bonds. The Labute approximate surface area is 244 Å². The van der Waals surface area contributed by atoms with E-state index in [1.807, 2.05) is 12.2 Å². The van der Waals surface area contributed by atoms with Crippen molar-refractivity contribution in [3.63, 3.8) is 0 Å². The van der Waals surface area contributed by atoms with Gasteiger partial charge in [0.05, 0.1) is 53.0 Å². The van der Waals surface area contributed by atoms with E-state index in [4.69, 9.17) is 4.28 Å². The van der Waals surface area contributed by atoms with Gasteiger partial charge in [0.15, 0.2) is 0 Å². The van der Waals surface area contributed by atoms with Gasteiger partial charge < -0.3 is 4.28 Å². The van der Waals surface area contributed by atoms with Gasteiger partial charge in [0, 0.05) is 0 Å². The van der Waals surface area contributed by atoms with E-state index in [-0.39, 0.29) is 50.4 Å². The van der Waals surface area contributed by atoms with E-state index in [1.165, 1.54) is 7.11 Å². The maximum absolute atomic E-state index is 12.2. The topological polar surface area (TPSA) is 230 Å². The highest BCUT2D eigenvalue weighted by molar-refractivity contribution is 7.89. The van der Waals surface area contributed by atoms with Gasteiger partial charge in [-0.1, -0.05) is 21.6 Å². The van der Waals surface area contributed by atoms with E-state index < -0.39 is 66.1 Å². The summed E-state index contributed by atoms with van der Waals surface area (Å²) in [6.45, 7) is 0. The first-order chi connectivity index (χ1) is 20.0. The smallest absolute Gasteiger partial charge is 0.301 e. The third-order valence-electron chi connectivity index (χ3n) is 6.87. The van der Waals surface area contributed by atoms with Crippen LogP contribution in [0.1, 0.15) is 6.42 Å². The monoisotopic (exact) mass is 661 g/mol. The average Bonchev–Trinajstić information content (AvgIpc) is 3.69. The first-order valence-electron chi connectivity index (χ1n) is 11.9. The molecule has 2 fully saturated rings. The number of allylic oxidation sites excluding steroid dienone is 2. The van der Waals surface area contributed by atoms with Crippen LogP contribution in [-0.4, -0.2) is 62.8 Å². The Kier molecular flexibility index (Phi) is 7.59. The number of aromatic nitrogens is 2. The highest BCUT2D eigenvalue weighted by Crippen LogP contribution is 2.52. The fourth-order valence-corrected chi connectivity index (χ4v) is 6.46. The Morgan fingerprint density at radius 2 is 1.12 bits per heavy atom. The van der Waals surface area contributed by atoms with Crippen molar-refractivity contribution in [1.82, 2.24) is 14.5 Å². The van der Waals surface area contributed by atoms with Crippen molar-refractivity contribution < 1.29 is 48.5 Å². The zero-order valence-electron chi connectivity index (χ0n) is 22.0. The molecule has 1 saturated heterocycles. The molecule has 3 heterocycles. The fourth-order valence-electron chi connectivity index (χ4n) is 5.35. The van der Waals surface area contributed by atoms with Gasteiger partial charge in [-0.3, -0.25) is 33.1 Å². The van der Waals surface area contributed by atoms with Crippen molar-refractivity contribution in [1.29, 1.82) is 0 Å². The molecule has 6 rings (SSSR count). The second-order valence-corrected chi connectivity index (χ2v) is 13.2. The predicted molar refractivity (Wildman–Crippen MR) is 144 cm³/mol. The number of benzene rings is 1. The van der Waals surface area contributed by atoms with E-state index in [9.17, 15) is 45.6 Å². The normalized spacial score (nSPS) is 22.8. The Balaban J connectivity index is 0.000000186. The average molecular weight is 662 g/mol. The number of imide groups is 1. The van der Waals surface area contributed by atoms with Crippen molar-refractivity contribution in [2.75, 3.05) is 19.6 Å². The quantitative estimate of drug-likeness (QED) is 0.0609. The molecular formula is C22H19N3O15S3. The van der Waals surface area contributed by atoms with Gasteiger partial charge in [-0.05, 0) is 30.4 Å². The molecule has 2 bridgehead atoms. The van der Waals surface area contributed by atoms with Gasteiger partial charge in [-0.25, -0.2) is 4.89 Å².